The molecule has 1 heterocycles. The van der Waals surface area contributed by atoms with Crippen LogP contribution in [0, 0.1) is 5.92 Å². The van der Waals surface area contributed by atoms with Crippen LogP contribution in [0.4, 0.5) is 5.82 Å². The van der Waals surface area contributed by atoms with E-state index in [4.69, 9.17) is 4.74 Å². The summed E-state index contributed by atoms with van der Waals surface area (Å²) in [5.74, 6) is 1.07. The molecule has 0 bridgehead atoms. The van der Waals surface area contributed by atoms with Gasteiger partial charge in [-0.05, 0) is 44.7 Å². The maximum atomic E-state index is 11.7. The number of carbonyl (C=O) groups is 1. The summed E-state index contributed by atoms with van der Waals surface area (Å²) >= 11 is 0. The lowest BCUT2D eigenvalue weighted by Gasteiger charge is -2.34. The van der Waals surface area contributed by atoms with E-state index in [1.165, 1.54) is 0 Å². The quantitative estimate of drug-likeness (QED) is 0.782. The predicted molar refractivity (Wildman–Crippen MR) is 75.0 cm³/mol. The highest BCUT2D eigenvalue weighted by molar-refractivity contribution is 5.72. The van der Waals surface area contributed by atoms with Crippen molar-refractivity contribution in [2.45, 2.75) is 38.6 Å². The summed E-state index contributed by atoms with van der Waals surface area (Å²) < 4.78 is 5.10. The van der Waals surface area contributed by atoms with Gasteiger partial charge in [0.1, 0.15) is 5.82 Å². The van der Waals surface area contributed by atoms with Gasteiger partial charge in [0.05, 0.1) is 12.5 Å². The molecule has 1 aromatic heterocycles. The number of hydrogen-bond acceptors (Lipinski definition) is 4. The maximum Gasteiger partial charge on any atom is 0.308 e. The minimum Gasteiger partial charge on any atom is -0.466 e. The Morgan fingerprint density at radius 1 is 1.37 bits per heavy atom. The van der Waals surface area contributed by atoms with Crippen molar-refractivity contribution in [2.75, 3.05) is 18.6 Å². The van der Waals surface area contributed by atoms with E-state index in [1.807, 2.05) is 31.3 Å². The molecule has 1 aliphatic carbocycles. The van der Waals surface area contributed by atoms with Crippen LogP contribution in [0.1, 0.15) is 32.6 Å². The van der Waals surface area contributed by atoms with Crippen LogP contribution in [0.15, 0.2) is 24.4 Å². The van der Waals surface area contributed by atoms with Crippen LogP contribution in [-0.2, 0) is 9.53 Å². The van der Waals surface area contributed by atoms with E-state index in [0.717, 1.165) is 31.5 Å². The van der Waals surface area contributed by atoms with E-state index in [2.05, 4.69) is 16.9 Å². The number of nitrogens with zero attached hydrogens (tertiary/aromatic N) is 2. The molecule has 104 valence electrons. The zero-order valence-corrected chi connectivity index (χ0v) is 11.7. The summed E-state index contributed by atoms with van der Waals surface area (Å²) in [5.41, 5.74) is 0. The molecule has 1 fully saturated rings. The first-order chi connectivity index (χ1) is 9.22. The van der Waals surface area contributed by atoms with Crippen molar-refractivity contribution in [1.82, 2.24) is 4.98 Å². The van der Waals surface area contributed by atoms with Crippen molar-refractivity contribution >= 4 is 11.8 Å². The van der Waals surface area contributed by atoms with E-state index < -0.39 is 0 Å². The Morgan fingerprint density at radius 2 is 2.11 bits per heavy atom. The highest BCUT2D eigenvalue weighted by atomic mass is 16.5. The molecule has 0 radical (unpaired) electrons. The van der Waals surface area contributed by atoms with Crippen LogP contribution >= 0.6 is 0 Å². The second kappa shape index (κ2) is 6.55. The molecule has 1 aliphatic rings. The number of rotatable bonds is 4. The van der Waals surface area contributed by atoms with E-state index in [9.17, 15) is 4.79 Å². The molecule has 4 heteroatoms. The fourth-order valence-electron chi connectivity index (χ4n) is 2.71. The zero-order chi connectivity index (χ0) is 13.7. The summed E-state index contributed by atoms with van der Waals surface area (Å²) in [5, 5.41) is 0. The maximum absolute atomic E-state index is 11.7. The Bertz CT molecular complexity index is 400. The second-order valence-electron chi connectivity index (χ2n) is 5.06. The van der Waals surface area contributed by atoms with Crippen LogP contribution in [0.3, 0.4) is 0 Å². The Balaban J connectivity index is 1.88. The van der Waals surface area contributed by atoms with Crippen LogP contribution in [-0.4, -0.2) is 30.6 Å². The molecule has 0 saturated heterocycles. The summed E-state index contributed by atoms with van der Waals surface area (Å²) in [4.78, 5) is 18.3. The predicted octanol–water partition coefficient (Wildman–Crippen LogP) is 2.64. The van der Waals surface area contributed by atoms with Gasteiger partial charge in [-0.2, -0.15) is 0 Å². The number of anilines is 1. The second-order valence-corrected chi connectivity index (χ2v) is 5.06. The molecule has 2 rings (SSSR count). The molecule has 4 nitrogen and oxygen atoms in total. The Hall–Kier alpha value is -1.58. The lowest BCUT2D eigenvalue weighted by Crippen LogP contribution is -2.37. The van der Waals surface area contributed by atoms with Gasteiger partial charge in [-0.15, -0.1) is 0 Å². The van der Waals surface area contributed by atoms with E-state index >= 15 is 0 Å². The lowest BCUT2D eigenvalue weighted by atomic mass is 9.85. The standard InChI is InChI=1S/C15H22N2O2/c1-3-19-15(18)12-7-9-13(10-8-12)17(2)14-6-4-5-11-16-14/h4-6,11-13H,3,7-10H2,1-2H3. The smallest absolute Gasteiger partial charge is 0.308 e. The summed E-state index contributed by atoms with van der Waals surface area (Å²) in [7, 11) is 2.08. The van der Waals surface area contributed by atoms with E-state index in [1.54, 1.807) is 0 Å². The lowest BCUT2D eigenvalue weighted by molar-refractivity contribution is -0.149. The number of carbonyl (C=O) groups excluding carboxylic acids is 1. The molecule has 1 aromatic rings. The van der Waals surface area contributed by atoms with Crippen molar-refractivity contribution in [1.29, 1.82) is 0 Å². The number of pyridine rings is 1. The topological polar surface area (TPSA) is 42.4 Å². The zero-order valence-electron chi connectivity index (χ0n) is 11.7. The third-order valence-corrected chi connectivity index (χ3v) is 3.88. The molecule has 19 heavy (non-hydrogen) atoms. The fraction of sp³-hybridized carbons (Fsp3) is 0.600. The Morgan fingerprint density at radius 3 is 2.68 bits per heavy atom. The molecule has 0 amide bonds. The van der Waals surface area contributed by atoms with Crippen molar-refractivity contribution in [3.8, 4) is 0 Å². The first-order valence-electron chi connectivity index (χ1n) is 7.03. The van der Waals surface area contributed by atoms with Crippen molar-refractivity contribution in [3.05, 3.63) is 24.4 Å². The van der Waals surface area contributed by atoms with E-state index in [-0.39, 0.29) is 11.9 Å². The summed E-state index contributed by atoms with van der Waals surface area (Å²) in [6, 6.07) is 6.43. The highest BCUT2D eigenvalue weighted by Gasteiger charge is 2.29. The average Bonchev–Trinajstić information content (AvgIpc) is 2.48. The number of ether oxygens (including phenoxy) is 1. The van der Waals surface area contributed by atoms with Gasteiger partial charge in [-0.1, -0.05) is 6.07 Å². The number of aromatic nitrogens is 1. The fourth-order valence-corrected chi connectivity index (χ4v) is 2.71. The summed E-state index contributed by atoms with van der Waals surface area (Å²) in [6.07, 6.45) is 5.70. The van der Waals surface area contributed by atoms with Gasteiger partial charge in [-0.3, -0.25) is 4.79 Å². The number of hydrogen-bond donors (Lipinski definition) is 0. The minimum absolute atomic E-state index is 0.0264. The molecular weight excluding hydrogens is 240 g/mol. The number of esters is 1. The molecule has 0 aliphatic heterocycles. The van der Waals surface area contributed by atoms with Crippen molar-refractivity contribution < 1.29 is 9.53 Å². The van der Waals surface area contributed by atoms with Gasteiger partial charge in [-0.25, -0.2) is 4.98 Å². The molecule has 0 unspecified atom stereocenters. The molecule has 0 N–H and O–H groups in total. The first-order valence-corrected chi connectivity index (χ1v) is 7.03. The molecule has 0 atom stereocenters. The molecule has 0 aromatic carbocycles. The first kappa shape index (κ1) is 13.8. The van der Waals surface area contributed by atoms with Crippen molar-refractivity contribution in [3.63, 3.8) is 0 Å². The van der Waals surface area contributed by atoms with Crippen LogP contribution in [0.25, 0.3) is 0 Å². The van der Waals surface area contributed by atoms with Gasteiger partial charge < -0.3 is 9.64 Å². The third-order valence-electron chi connectivity index (χ3n) is 3.88. The van der Waals surface area contributed by atoms with Gasteiger partial charge in [0.2, 0.25) is 0 Å². The van der Waals surface area contributed by atoms with Gasteiger partial charge in [0.15, 0.2) is 0 Å². The Kier molecular flexibility index (Phi) is 4.77. The summed E-state index contributed by atoms with van der Waals surface area (Å²) in [6.45, 7) is 2.34. The van der Waals surface area contributed by atoms with Crippen LogP contribution < -0.4 is 4.90 Å². The average molecular weight is 262 g/mol. The largest absolute Gasteiger partial charge is 0.466 e. The molecule has 1 saturated carbocycles. The molecule has 0 spiro atoms. The highest BCUT2D eigenvalue weighted by Crippen LogP contribution is 2.29. The monoisotopic (exact) mass is 262 g/mol. The van der Waals surface area contributed by atoms with Crippen LogP contribution in [0.2, 0.25) is 0 Å². The normalized spacial score (nSPS) is 22.8. The molecular formula is C15H22N2O2. The van der Waals surface area contributed by atoms with Crippen molar-refractivity contribution in [2.24, 2.45) is 5.92 Å². The van der Waals surface area contributed by atoms with E-state index in [0.29, 0.717) is 12.6 Å². The minimum atomic E-state index is -0.0264. The Labute approximate surface area is 114 Å². The van der Waals surface area contributed by atoms with Gasteiger partial charge in [0, 0.05) is 19.3 Å². The van der Waals surface area contributed by atoms with Crippen LogP contribution in [0.5, 0.6) is 0 Å². The SMILES string of the molecule is CCOC(=O)C1CCC(N(C)c2ccccn2)CC1. The van der Waals surface area contributed by atoms with Gasteiger partial charge in [0.25, 0.3) is 0 Å². The third kappa shape index (κ3) is 3.46. The van der Waals surface area contributed by atoms with Gasteiger partial charge >= 0.3 is 5.97 Å².